The Morgan fingerprint density at radius 1 is 0.931 bits per heavy atom. The first-order chi connectivity index (χ1) is 14.0. The molecule has 1 aliphatic heterocycles. The molecule has 5 nitrogen and oxygen atoms in total. The van der Waals surface area contributed by atoms with E-state index in [0.29, 0.717) is 30.8 Å². The Kier molecular flexibility index (Phi) is 6.37. The number of carbonyl (C=O) groups is 2. The Balaban J connectivity index is 2.02. The molecule has 0 unspecified atom stereocenters. The number of aryl methyl sites for hydroxylation is 2. The monoisotopic (exact) mass is 392 g/mol. The predicted molar refractivity (Wildman–Crippen MR) is 116 cm³/mol. The summed E-state index contributed by atoms with van der Waals surface area (Å²) < 4.78 is 5.69. The van der Waals surface area contributed by atoms with Crippen LogP contribution in [0.25, 0.3) is 5.57 Å². The largest absolute Gasteiger partial charge is 0.494 e. The standard InChI is InChI=1S/C24H28N2O3/c1-5-12-26-23(27)21(18-11-10-16(3)17(4)14-18)22(24(26)28)25-19-8-7-9-20(15-19)29-13-6-2/h7-11,14-15,25H,5-6,12-13H2,1-4H3. The maximum Gasteiger partial charge on any atom is 0.278 e. The van der Waals surface area contributed by atoms with E-state index in [9.17, 15) is 9.59 Å². The summed E-state index contributed by atoms with van der Waals surface area (Å²) in [6.45, 7) is 9.06. The molecule has 152 valence electrons. The lowest BCUT2D eigenvalue weighted by molar-refractivity contribution is -0.136. The van der Waals surface area contributed by atoms with E-state index in [-0.39, 0.29) is 11.8 Å². The Labute approximate surface area is 172 Å². The smallest absolute Gasteiger partial charge is 0.278 e. The lowest BCUT2D eigenvalue weighted by atomic mass is 9.99. The Hall–Kier alpha value is -3.08. The van der Waals surface area contributed by atoms with Crippen molar-refractivity contribution in [2.45, 2.75) is 40.5 Å². The fraction of sp³-hybridized carbons (Fsp3) is 0.333. The molecule has 0 fully saturated rings. The van der Waals surface area contributed by atoms with E-state index >= 15 is 0 Å². The number of hydrogen-bond acceptors (Lipinski definition) is 4. The number of nitrogens with one attached hydrogen (secondary N) is 1. The van der Waals surface area contributed by atoms with Gasteiger partial charge < -0.3 is 10.1 Å². The first kappa shape index (κ1) is 20.6. The summed E-state index contributed by atoms with van der Waals surface area (Å²) in [5.41, 5.74) is 4.44. The van der Waals surface area contributed by atoms with Crippen molar-refractivity contribution in [3.63, 3.8) is 0 Å². The Bertz CT molecular complexity index is 962. The van der Waals surface area contributed by atoms with Crippen LogP contribution in [0.1, 0.15) is 43.4 Å². The van der Waals surface area contributed by atoms with Gasteiger partial charge in [0.2, 0.25) is 0 Å². The van der Waals surface area contributed by atoms with Gasteiger partial charge in [-0.25, -0.2) is 0 Å². The lowest BCUT2D eigenvalue weighted by Gasteiger charge is -2.14. The highest BCUT2D eigenvalue weighted by molar-refractivity contribution is 6.36. The van der Waals surface area contributed by atoms with Gasteiger partial charge in [0.25, 0.3) is 11.8 Å². The van der Waals surface area contributed by atoms with Crippen molar-refractivity contribution in [2.75, 3.05) is 18.5 Å². The van der Waals surface area contributed by atoms with Gasteiger partial charge in [-0.2, -0.15) is 0 Å². The molecular formula is C24H28N2O3. The molecule has 2 aromatic rings. The zero-order valence-electron chi connectivity index (χ0n) is 17.5. The summed E-state index contributed by atoms with van der Waals surface area (Å²) >= 11 is 0. The molecule has 0 aliphatic carbocycles. The minimum Gasteiger partial charge on any atom is -0.494 e. The van der Waals surface area contributed by atoms with Crippen LogP contribution in [-0.4, -0.2) is 29.9 Å². The van der Waals surface area contributed by atoms with Crippen LogP contribution in [0.2, 0.25) is 0 Å². The van der Waals surface area contributed by atoms with Gasteiger partial charge in [0.05, 0.1) is 12.2 Å². The summed E-state index contributed by atoms with van der Waals surface area (Å²) in [6.07, 6.45) is 1.63. The molecule has 0 atom stereocenters. The molecule has 1 heterocycles. The third-order valence-electron chi connectivity index (χ3n) is 4.99. The second-order valence-corrected chi connectivity index (χ2v) is 7.31. The van der Waals surface area contributed by atoms with Crippen molar-refractivity contribution in [1.29, 1.82) is 0 Å². The minimum atomic E-state index is -0.287. The van der Waals surface area contributed by atoms with Gasteiger partial charge in [0.15, 0.2) is 0 Å². The summed E-state index contributed by atoms with van der Waals surface area (Å²) in [5.74, 6) is 0.193. The summed E-state index contributed by atoms with van der Waals surface area (Å²) in [7, 11) is 0. The first-order valence-corrected chi connectivity index (χ1v) is 10.1. The highest BCUT2D eigenvalue weighted by atomic mass is 16.5. The van der Waals surface area contributed by atoms with Crippen LogP contribution in [0.3, 0.4) is 0 Å². The predicted octanol–water partition coefficient (Wildman–Crippen LogP) is 4.69. The Morgan fingerprint density at radius 2 is 1.72 bits per heavy atom. The molecule has 0 saturated carbocycles. The zero-order chi connectivity index (χ0) is 21.0. The molecular weight excluding hydrogens is 364 g/mol. The summed E-state index contributed by atoms with van der Waals surface area (Å²) in [5, 5.41) is 3.20. The van der Waals surface area contributed by atoms with Crippen molar-refractivity contribution in [3.05, 3.63) is 64.9 Å². The molecule has 0 bridgehead atoms. The minimum absolute atomic E-state index is 0.249. The molecule has 0 saturated heterocycles. The topological polar surface area (TPSA) is 58.6 Å². The van der Waals surface area contributed by atoms with Crippen LogP contribution < -0.4 is 10.1 Å². The molecule has 29 heavy (non-hydrogen) atoms. The highest BCUT2D eigenvalue weighted by Gasteiger charge is 2.38. The highest BCUT2D eigenvalue weighted by Crippen LogP contribution is 2.32. The maximum absolute atomic E-state index is 13.1. The molecule has 0 radical (unpaired) electrons. The van der Waals surface area contributed by atoms with Gasteiger partial charge in [-0.05, 0) is 55.5 Å². The number of anilines is 1. The molecule has 5 heteroatoms. The van der Waals surface area contributed by atoms with Crippen molar-refractivity contribution in [2.24, 2.45) is 0 Å². The van der Waals surface area contributed by atoms with Gasteiger partial charge in [-0.15, -0.1) is 0 Å². The number of benzene rings is 2. The summed E-state index contributed by atoms with van der Waals surface area (Å²) in [6, 6.07) is 13.3. The molecule has 2 amide bonds. The van der Waals surface area contributed by atoms with Crippen molar-refractivity contribution < 1.29 is 14.3 Å². The SMILES string of the molecule is CCCOc1cccc(NC2=C(c3ccc(C)c(C)c3)C(=O)N(CCC)C2=O)c1. The fourth-order valence-corrected chi connectivity index (χ4v) is 3.31. The van der Waals surface area contributed by atoms with Crippen molar-refractivity contribution in [3.8, 4) is 5.75 Å². The number of hydrogen-bond donors (Lipinski definition) is 1. The van der Waals surface area contributed by atoms with Crippen LogP contribution in [0.5, 0.6) is 5.75 Å². The van der Waals surface area contributed by atoms with Gasteiger partial charge >= 0.3 is 0 Å². The fourth-order valence-electron chi connectivity index (χ4n) is 3.31. The number of rotatable bonds is 8. The van der Waals surface area contributed by atoms with Gasteiger partial charge in [-0.1, -0.05) is 38.1 Å². The van der Waals surface area contributed by atoms with E-state index < -0.39 is 0 Å². The Morgan fingerprint density at radius 3 is 2.41 bits per heavy atom. The quantitative estimate of drug-likeness (QED) is 0.662. The van der Waals surface area contributed by atoms with Gasteiger partial charge in [0.1, 0.15) is 11.4 Å². The average Bonchev–Trinajstić information content (AvgIpc) is 2.93. The molecule has 2 aromatic carbocycles. The second-order valence-electron chi connectivity index (χ2n) is 7.31. The maximum atomic E-state index is 13.1. The zero-order valence-corrected chi connectivity index (χ0v) is 17.5. The summed E-state index contributed by atoms with van der Waals surface area (Å²) in [4.78, 5) is 27.5. The van der Waals surface area contributed by atoms with Crippen molar-refractivity contribution >= 4 is 23.1 Å². The third-order valence-corrected chi connectivity index (χ3v) is 4.99. The van der Waals surface area contributed by atoms with E-state index in [1.165, 1.54) is 4.90 Å². The van der Waals surface area contributed by atoms with Crippen LogP contribution in [0.15, 0.2) is 48.2 Å². The van der Waals surface area contributed by atoms with E-state index in [0.717, 1.165) is 34.5 Å². The van der Waals surface area contributed by atoms with Gasteiger partial charge in [-0.3, -0.25) is 14.5 Å². The van der Waals surface area contributed by atoms with E-state index in [4.69, 9.17) is 4.74 Å². The third kappa shape index (κ3) is 4.34. The van der Waals surface area contributed by atoms with Gasteiger partial charge in [0, 0.05) is 18.3 Å². The van der Waals surface area contributed by atoms with E-state index in [2.05, 4.69) is 5.32 Å². The van der Waals surface area contributed by atoms with Crippen LogP contribution in [0, 0.1) is 13.8 Å². The first-order valence-electron chi connectivity index (χ1n) is 10.1. The van der Waals surface area contributed by atoms with Crippen LogP contribution in [-0.2, 0) is 9.59 Å². The van der Waals surface area contributed by atoms with Crippen molar-refractivity contribution in [1.82, 2.24) is 4.90 Å². The average molecular weight is 392 g/mol. The lowest BCUT2D eigenvalue weighted by Crippen LogP contribution is -2.33. The molecule has 0 aromatic heterocycles. The molecule has 1 N–H and O–H groups in total. The molecule has 3 rings (SSSR count). The number of imide groups is 1. The second kappa shape index (κ2) is 8.95. The molecule has 0 spiro atoms. The van der Waals surface area contributed by atoms with Crippen LogP contribution in [0.4, 0.5) is 5.69 Å². The number of nitrogens with zero attached hydrogens (tertiary/aromatic N) is 1. The molecule has 1 aliphatic rings. The number of amides is 2. The van der Waals surface area contributed by atoms with E-state index in [1.807, 2.05) is 70.2 Å². The number of carbonyl (C=O) groups excluding carboxylic acids is 2. The normalized spacial score (nSPS) is 14.0. The van der Waals surface area contributed by atoms with Crippen LogP contribution >= 0.6 is 0 Å². The number of ether oxygens (including phenoxy) is 1. The van der Waals surface area contributed by atoms with E-state index in [1.54, 1.807) is 0 Å².